The average Bonchev–Trinajstić information content (AvgIpc) is 3.07. The molecule has 1 aliphatic rings. The third-order valence-electron chi connectivity index (χ3n) is 5.05. The van der Waals surface area contributed by atoms with Gasteiger partial charge in [0.15, 0.2) is 4.80 Å². The quantitative estimate of drug-likeness (QED) is 0.332. The number of nitro groups is 1. The van der Waals surface area contributed by atoms with Crippen molar-refractivity contribution >= 4 is 40.7 Å². The van der Waals surface area contributed by atoms with Crippen LogP contribution in [-0.4, -0.2) is 22.6 Å². The lowest BCUT2D eigenvalue weighted by atomic mass is 9.96. The predicted molar refractivity (Wildman–Crippen MR) is 120 cm³/mol. The van der Waals surface area contributed by atoms with Gasteiger partial charge in [-0.25, -0.2) is 9.79 Å². The number of esters is 1. The van der Waals surface area contributed by atoms with E-state index in [-0.39, 0.29) is 15.8 Å². The summed E-state index contributed by atoms with van der Waals surface area (Å²) >= 11 is 7.51. The van der Waals surface area contributed by atoms with Crippen molar-refractivity contribution in [2.75, 3.05) is 7.11 Å². The summed E-state index contributed by atoms with van der Waals surface area (Å²) in [6, 6.07) is 12.2. The Labute approximate surface area is 190 Å². The predicted octanol–water partition coefficient (Wildman–Crippen LogP) is 2.97. The van der Waals surface area contributed by atoms with Crippen LogP contribution in [0.1, 0.15) is 24.1 Å². The van der Waals surface area contributed by atoms with Crippen molar-refractivity contribution < 1.29 is 14.5 Å². The van der Waals surface area contributed by atoms with Gasteiger partial charge in [-0.05, 0) is 30.7 Å². The Morgan fingerprint density at radius 3 is 2.62 bits per heavy atom. The van der Waals surface area contributed by atoms with Crippen LogP contribution in [0.5, 0.6) is 0 Å². The van der Waals surface area contributed by atoms with Gasteiger partial charge in [-0.15, -0.1) is 0 Å². The fourth-order valence-corrected chi connectivity index (χ4v) is 4.88. The monoisotopic (exact) mass is 469 g/mol. The van der Waals surface area contributed by atoms with Gasteiger partial charge in [0.2, 0.25) is 0 Å². The van der Waals surface area contributed by atoms with Crippen molar-refractivity contribution in [1.29, 1.82) is 0 Å². The molecule has 1 atom stereocenters. The summed E-state index contributed by atoms with van der Waals surface area (Å²) in [7, 11) is 1.26. The van der Waals surface area contributed by atoms with Crippen molar-refractivity contribution in [2.24, 2.45) is 4.99 Å². The van der Waals surface area contributed by atoms with Crippen molar-refractivity contribution in [2.45, 2.75) is 13.0 Å². The number of carbonyl (C=O) groups is 1. The zero-order chi connectivity index (χ0) is 23.0. The fourth-order valence-electron chi connectivity index (χ4n) is 3.60. The second-order valence-corrected chi connectivity index (χ2v) is 8.33. The second kappa shape index (κ2) is 8.52. The zero-order valence-corrected chi connectivity index (χ0v) is 18.5. The maximum atomic E-state index is 13.5. The van der Waals surface area contributed by atoms with Gasteiger partial charge in [-0.3, -0.25) is 19.5 Å². The molecule has 10 heteroatoms. The number of aromatic nitrogens is 1. The van der Waals surface area contributed by atoms with Crippen LogP contribution < -0.4 is 14.9 Å². The van der Waals surface area contributed by atoms with Gasteiger partial charge in [0, 0.05) is 11.1 Å². The number of halogens is 1. The highest BCUT2D eigenvalue weighted by Crippen LogP contribution is 2.34. The van der Waals surface area contributed by atoms with E-state index in [0.29, 0.717) is 26.6 Å². The van der Waals surface area contributed by atoms with Crippen LogP contribution in [-0.2, 0) is 9.53 Å². The number of rotatable bonds is 4. The lowest BCUT2D eigenvalue weighted by molar-refractivity contribution is -0.385. The molecule has 2 heterocycles. The first-order valence-electron chi connectivity index (χ1n) is 9.42. The fraction of sp³-hybridized carbons (Fsp3) is 0.136. The molecule has 162 valence electrons. The average molecular weight is 470 g/mol. The highest BCUT2D eigenvalue weighted by Gasteiger charge is 2.34. The molecule has 8 nitrogen and oxygen atoms in total. The summed E-state index contributed by atoms with van der Waals surface area (Å²) in [6.07, 6.45) is 1.46. The molecule has 0 aliphatic carbocycles. The maximum Gasteiger partial charge on any atom is 0.338 e. The summed E-state index contributed by atoms with van der Waals surface area (Å²) in [4.78, 5) is 41.8. The second-order valence-electron chi connectivity index (χ2n) is 6.91. The molecular weight excluding hydrogens is 454 g/mol. The molecule has 4 rings (SSSR count). The molecule has 0 spiro atoms. The van der Waals surface area contributed by atoms with Gasteiger partial charge >= 0.3 is 5.97 Å². The first-order valence-corrected chi connectivity index (χ1v) is 10.6. The normalized spacial score (nSPS) is 15.8. The molecule has 0 saturated carbocycles. The number of para-hydroxylation sites is 1. The lowest BCUT2D eigenvalue weighted by Gasteiger charge is -2.25. The van der Waals surface area contributed by atoms with E-state index in [1.165, 1.54) is 23.8 Å². The molecular formula is C22H16ClN3O5S. The number of fused-ring (bicyclic) bond motifs is 1. The minimum Gasteiger partial charge on any atom is -0.466 e. The Morgan fingerprint density at radius 2 is 1.94 bits per heavy atom. The number of hydrogen-bond acceptors (Lipinski definition) is 7. The SMILES string of the molecule is COC(=O)C1=C(C)N=c2s/c(=C/c3ccccc3[N+](=O)[O-])c(=O)n2[C@H]1c1ccccc1Cl. The molecule has 32 heavy (non-hydrogen) atoms. The summed E-state index contributed by atoms with van der Waals surface area (Å²) in [5, 5.41) is 11.8. The van der Waals surface area contributed by atoms with Crippen molar-refractivity contribution in [3.05, 3.63) is 106 Å². The third-order valence-corrected chi connectivity index (χ3v) is 6.37. The Kier molecular flexibility index (Phi) is 5.77. The van der Waals surface area contributed by atoms with Crippen molar-refractivity contribution in [1.82, 2.24) is 4.57 Å². The molecule has 0 fully saturated rings. The molecule has 3 aromatic rings. The van der Waals surface area contributed by atoms with E-state index in [4.69, 9.17) is 16.3 Å². The Balaban J connectivity index is 2.02. The number of carbonyl (C=O) groups excluding carboxylic acids is 1. The minimum atomic E-state index is -0.847. The third kappa shape index (κ3) is 3.65. The van der Waals surface area contributed by atoms with Gasteiger partial charge in [0.1, 0.15) is 6.04 Å². The summed E-state index contributed by atoms with van der Waals surface area (Å²) in [5.41, 5.74) is 0.881. The standard InChI is InChI=1S/C22H16ClN3O5S/c1-12-18(21(28)31-2)19(14-8-4-5-9-15(14)23)25-20(27)17(32-22(25)24-12)11-13-7-3-6-10-16(13)26(29)30/h3-11,19H,1-2H3/b17-11+/t19-/m0/s1. The molecule has 0 N–H and O–H groups in total. The highest BCUT2D eigenvalue weighted by atomic mass is 35.5. The van der Waals surface area contributed by atoms with Crippen LogP contribution >= 0.6 is 22.9 Å². The number of nitrogens with zero attached hydrogens (tertiary/aromatic N) is 3. The largest absolute Gasteiger partial charge is 0.466 e. The van der Waals surface area contributed by atoms with Crippen molar-refractivity contribution in [3.8, 4) is 0 Å². The zero-order valence-electron chi connectivity index (χ0n) is 16.9. The van der Waals surface area contributed by atoms with Crippen LogP contribution in [0.4, 0.5) is 5.69 Å². The van der Waals surface area contributed by atoms with Gasteiger partial charge in [-0.2, -0.15) is 0 Å². The van der Waals surface area contributed by atoms with Crippen LogP contribution in [0.25, 0.3) is 6.08 Å². The van der Waals surface area contributed by atoms with Gasteiger partial charge in [-0.1, -0.05) is 53.3 Å². The van der Waals surface area contributed by atoms with Crippen LogP contribution in [0, 0.1) is 10.1 Å². The number of allylic oxidation sites excluding steroid dienone is 1. The number of ether oxygens (including phenoxy) is 1. The minimum absolute atomic E-state index is 0.118. The number of methoxy groups -OCH3 is 1. The van der Waals surface area contributed by atoms with Crippen molar-refractivity contribution in [3.63, 3.8) is 0 Å². The molecule has 0 unspecified atom stereocenters. The van der Waals surface area contributed by atoms with E-state index in [1.807, 2.05) is 0 Å². The lowest BCUT2D eigenvalue weighted by Crippen LogP contribution is -2.39. The van der Waals surface area contributed by atoms with Gasteiger partial charge in [0.05, 0.1) is 33.4 Å². The topological polar surface area (TPSA) is 104 Å². The smallest absolute Gasteiger partial charge is 0.338 e. The Morgan fingerprint density at radius 1 is 1.25 bits per heavy atom. The van der Waals surface area contributed by atoms with E-state index in [1.54, 1.807) is 49.4 Å². The number of nitro benzene ring substituents is 1. The molecule has 0 radical (unpaired) electrons. The van der Waals surface area contributed by atoms with Gasteiger partial charge < -0.3 is 4.74 Å². The molecule has 2 aromatic carbocycles. The maximum absolute atomic E-state index is 13.5. The van der Waals surface area contributed by atoms with E-state index in [2.05, 4.69) is 4.99 Å². The molecule has 0 amide bonds. The molecule has 1 aliphatic heterocycles. The molecule has 0 saturated heterocycles. The Hall–Kier alpha value is -3.56. The highest BCUT2D eigenvalue weighted by molar-refractivity contribution is 7.07. The van der Waals surface area contributed by atoms with E-state index < -0.39 is 22.5 Å². The number of hydrogen-bond donors (Lipinski definition) is 0. The Bertz CT molecular complexity index is 1470. The summed E-state index contributed by atoms with van der Waals surface area (Å²) < 4.78 is 6.58. The number of thiazole rings is 1. The van der Waals surface area contributed by atoms with E-state index >= 15 is 0 Å². The summed E-state index contributed by atoms with van der Waals surface area (Å²) in [6.45, 7) is 1.66. The summed E-state index contributed by atoms with van der Waals surface area (Å²) in [5.74, 6) is -0.621. The number of benzene rings is 2. The van der Waals surface area contributed by atoms with E-state index in [0.717, 1.165) is 11.3 Å². The van der Waals surface area contributed by atoms with Crippen LogP contribution in [0.15, 0.2) is 69.6 Å². The van der Waals surface area contributed by atoms with Gasteiger partial charge in [0.25, 0.3) is 11.2 Å². The first kappa shape index (κ1) is 21.7. The van der Waals surface area contributed by atoms with E-state index in [9.17, 15) is 19.7 Å². The molecule has 1 aromatic heterocycles. The van der Waals surface area contributed by atoms with Crippen LogP contribution in [0.3, 0.4) is 0 Å². The first-order chi connectivity index (χ1) is 15.3. The molecule has 0 bridgehead atoms. The van der Waals surface area contributed by atoms with Crippen LogP contribution in [0.2, 0.25) is 5.02 Å².